The summed E-state index contributed by atoms with van der Waals surface area (Å²) in [7, 11) is 0. The molecule has 0 heterocycles. The van der Waals surface area contributed by atoms with Crippen molar-refractivity contribution >= 4 is 41.4 Å². The molecule has 6 heteroatoms. The van der Waals surface area contributed by atoms with Crippen LogP contribution in [0.2, 0.25) is 0 Å². The van der Waals surface area contributed by atoms with E-state index >= 15 is 0 Å². The number of hydrogen-bond acceptors (Lipinski definition) is 3. The maximum absolute atomic E-state index is 11.6. The van der Waals surface area contributed by atoms with Crippen LogP contribution < -0.4 is 10.6 Å². The van der Waals surface area contributed by atoms with Gasteiger partial charge in [0.15, 0.2) is 0 Å². The minimum atomic E-state index is -0.880. The molecule has 0 unspecified atom stereocenters. The molecule has 0 aromatic carbocycles. The Kier molecular flexibility index (Phi) is 26.3. The Morgan fingerprint density at radius 2 is 1.32 bits per heavy atom. The second-order valence-corrected chi connectivity index (χ2v) is 7.25. The molecule has 0 bridgehead atoms. The monoisotopic (exact) mass is 405 g/mol. The van der Waals surface area contributed by atoms with Crippen molar-refractivity contribution < 1.29 is 14.7 Å². The van der Waals surface area contributed by atoms with Crippen molar-refractivity contribution in [1.29, 1.82) is 0 Å². The first kappa shape index (κ1) is 29.8. The first-order valence-electron chi connectivity index (χ1n) is 11.0. The largest absolute Gasteiger partial charge is 0.480 e. The molecular formula is C22H42N2NaO3. The van der Waals surface area contributed by atoms with Gasteiger partial charge in [-0.25, -0.2) is 0 Å². The van der Waals surface area contributed by atoms with Crippen LogP contribution in [-0.4, -0.2) is 66.2 Å². The van der Waals surface area contributed by atoms with Crippen LogP contribution in [0, 0.1) is 0 Å². The van der Waals surface area contributed by atoms with Crippen molar-refractivity contribution in [2.45, 2.75) is 96.8 Å². The van der Waals surface area contributed by atoms with Crippen molar-refractivity contribution in [2.24, 2.45) is 0 Å². The Labute approximate surface area is 194 Å². The van der Waals surface area contributed by atoms with Gasteiger partial charge in [-0.1, -0.05) is 70.4 Å². The van der Waals surface area contributed by atoms with Crippen molar-refractivity contribution in [3.05, 3.63) is 12.2 Å². The predicted molar refractivity (Wildman–Crippen MR) is 119 cm³/mol. The molecular weight excluding hydrogens is 363 g/mol. The summed E-state index contributed by atoms with van der Waals surface area (Å²) in [6, 6.07) is 0. The number of allylic oxidation sites excluding steroid dienone is 2. The van der Waals surface area contributed by atoms with Crippen LogP contribution in [0.25, 0.3) is 0 Å². The quantitative estimate of drug-likeness (QED) is 0.159. The van der Waals surface area contributed by atoms with E-state index in [9.17, 15) is 9.59 Å². The molecule has 1 radical (unpaired) electrons. The molecule has 0 rings (SSSR count). The average molecular weight is 406 g/mol. The van der Waals surface area contributed by atoms with Gasteiger partial charge in [-0.05, 0) is 32.1 Å². The van der Waals surface area contributed by atoms with E-state index in [0.717, 1.165) is 12.8 Å². The number of rotatable bonds is 20. The maximum Gasteiger partial charge on any atom is 0.317 e. The third-order valence-corrected chi connectivity index (χ3v) is 4.57. The van der Waals surface area contributed by atoms with E-state index < -0.39 is 5.97 Å². The number of carboxylic acid groups (broad SMARTS) is 1. The molecule has 0 aromatic rings. The minimum absolute atomic E-state index is 0. The van der Waals surface area contributed by atoms with Crippen LogP contribution in [0.1, 0.15) is 96.8 Å². The molecule has 0 atom stereocenters. The Bertz CT molecular complexity index is 390. The van der Waals surface area contributed by atoms with E-state index in [1.54, 1.807) is 0 Å². The normalized spacial score (nSPS) is 10.8. The summed E-state index contributed by atoms with van der Waals surface area (Å²) >= 11 is 0. The fourth-order valence-corrected chi connectivity index (χ4v) is 2.93. The van der Waals surface area contributed by atoms with Crippen LogP contribution in [0.3, 0.4) is 0 Å². The first-order chi connectivity index (χ1) is 13.2. The summed E-state index contributed by atoms with van der Waals surface area (Å²) < 4.78 is 0. The Morgan fingerprint density at radius 3 is 1.89 bits per heavy atom. The zero-order valence-corrected chi connectivity index (χ0v) is 20.4. The Hall–Kier alpha value is -0.360. The second kappa shape index (κ2) is 24.7. The minimum Gasteiger partial charge on any atom is -0.480 e. The zero-order valence-electron chi connectivity index (χ0n) is 18.4. The predicted octanol–water partition coefficient (Wildman–Crippen LogP) is 4.43. The Balaban J connectivity index is 0. The Morgan fingerprint density at radius 1 is 0.786 bits per heavy atom. The summed E-state index contributed by atoms with van der Waals surface area (Å²) in [6.07, 6.45) is 21.6. The van der Waals surface area contributed by atoms with Gasteiger partial charge in [-0.3, -0.25) is 9.59 Å². The molecule has 0 aromatic heterocycles. The summed E-state index contributed by atoms with van der Waals surface area (Å²) in [6.45, 7) is 3.17. The van der Waals surface area contributed by atoms with Gasteiger partial charge in [0, 0.05) is 49.1 Å². The van der Waals surface area contributed by atoms with Gasteiger partial charge in [-0.15, -0.1) is 0 Å². The standard InChI is InChI=1S/C22H42N2O3.Na/c1-2-3-4-5-6-7-8-9-10-11-12-13-14-15-16-17-21(25)24-19-18-23-20-22(26)27;/h9-10,23H,2-8,11-20H2,1H3,(H,24,25)(H,26,27);/b10-9-;. The zero-order chi connectivity index (χ0) is 20.0. The van der Waals surface area contributed by atoms with E-state index in [4.69, 9.17) is 5.11 Å². The molecule has 1 amide bonds. The summed E-state index contributed by atoms with van der Waals surface area (Å²) in [5, 5.41) is 14.0. The number of carbonyl (C=O) groups excluding carboxylic acids is 1. The molecule has 0 fully saturated rings. The average Bonchev–Trinajstić information content (AvgIpc) is 2.64. The summed E-state index contributed by atoms with van der Waals surface area (Å²) in [5.74, 6) is -0.820. The van der Waals surface area contributed by atoms with Crippen molar-refractivity contribution in [2.75, 3.05) is 19.6 Å². The number of carbonyl (C=O) groups is 2. The van der Waals surface area contributed by atoms with Crippen molar-refractivity contribution in [3.63, 3.8) is 0 Å². The first-order valence-corrected chi connectivity index (χ1v) is 11.0. The van der Waals surface area contributed by atoms with Crippen LogP contribution in [0.15, 0.2) is 12.2 Å². The molecule has 0 spiro atoms. The molecule has 0 aliphatic heterocycles. The van der Waals surface area contributed by atoms with Gasteiger partial charge in [0.05, 0.1) is 6.54 Å². The molecule has 5 nitrogen and oxygen atoms in total. The third-order valence-electron chi connectivity index (χ3n) is 4.57. The number of carboxylic acids is 1. The molecule has 0 saturated heterocycles. The fraction of sp³-hybridized carbons (Fsp3) is 0.818. The fourth-order valence-electron chi connectivity index (χ4n) is 2.93. The number of unbranched alkanes of at least 4 members (excludes halogenated alkanes) is 11. The summed E-state index contributed by atoms with van der Waals surface area (Å²) in [5.41, 5.74) is 0. The van der Waals surface area contributed by atoms with Crippen molar-refractivity contribution in [1.82, 2.24) is 10.6 Å². The van der Waals surface area contributed by atoms with Crippen molar-refractivity contribution in [3.8, 4) is 0 Å². The van der Waals surface area contributed by atoms with Crippen LogP contribution in [0.4, 0.5) is 0 Å². The molecule has 0 aliphatic rings. The molecule has 28 heavy (non-hydrogen) atoms. The van der Waals surface area contributed by atoms with E-state index in [0.29, 0.717) is 19.5 Å². The number of aliphatic carboxylic acids is 1. The van der Waals surface area contributed by atoms with Gasteiger partial charge in [0.2, 0.25) is 5.91 Å². The van der Waals surface area contributed by atoms with Gasteiger partial charge in [0.1, 0.15) is 0 Å². The maximum atomic E-state index is 11.6. The molecule has 0 saturated carbocycles. The van der Waals surface area contributed by atoms with E-state index in [1.165, 1.54) is 70.6 Å². The molecule has 0 aliphatic carbocycles. The van der Waals surface area contributed by atoms with Gasteiger partial charge < -0.3 is 15.7 Å². The van der Waals surface area contributed by atoms with Gasteiger partial charge in [-0.2, -0.15) is 0 Å². The van der Waals surface area contributed by atoms with E-state index in [2.05, 4.69) is 29.7 Å². The number of nitrogens with one attached hydrogen (secondary N) is 2. The van der Waals surface area contributed by atoms with E-state index in [1.807, 2.05) is 0 Å². The SMILES string of the molecule is CCCCCCCC/C=C\CCCCCCCC(=O)NCCNCC(=O)O.[Na]. The van der Waals surface area contributed by atoms with Crippen LogP contribution in [0.5, 0.6) is 0 Å². The summed E-state index contributed by atoms with van der Waals surface area (Å²) in [4.78, 5) is 21.9. The van der Waals surface area contributed by atoms with Gasteiger partial charge in [0.25, 0.3) is 0 Å². The number of amides is 1. The second-order valence-electron chi connectivity index (χ2n) is 7.25. The number of hydrogen-bond donors (Lipinski definition) is 3. The third kappa shape index (κ3) is 25.6. The topological polar surface area (TPSA) is 78.4 Å². The van der Waals surface area contributed by atoms with Crippen LogP contribution in [-0.2, 0) is 9.59 Å². The molecule has 159 valence electrons. The van der Waals surface area contributed by atoms with Crippen LogP contribution >= 0.6 is 0 Å². The smallest absolute Gasteiger partial charge is 0.317 e. The van der Waals surface area contributed by atoms with Gasteiger partial charge >= 0.3 is 5.97 Å². The van der Waals surface area contributed by atoms with E-state index in [-0.39, 0.29) is 42.0 Å². The molecule has 3 N–H and O–H groups in total.